The summed E-state index contributed by atoms with van der Waals surface area (Å²) in [6, 6.07) is 14.7. The van der Waals surface area contributed by atoms with Gasteiger partial charge >= 0.3 is 6.09 Å². The molecule has 2 unspecified atom stereocenters. The van der Waals surface area contributed by atoms with Crippen LogP contribution in [-0.4, -0.2) is 44.7 Å². The molecule has 33 heavy (non-hydrogen) atoms. The number of aliphatic hydroxyl groups is 1. The number of fused-ring (bicyclic) bond motifs is 4. The highest BCUT2D eigenvalue weighted by Gasteiger charge is 2.44. The lowest BCUT2D eigenvalue weighted by Crippen LogP contribution is -2.41. The molecule has 1 saturated carbocycles. The van der Waals surface area contributed by atoms with Gasteiger partial charge in [0.2, 0.25) is 0 Å². The quantitative estimate of drug-likeness (QED) is 0.567. The summed E-state index contributed by atoms with van der Waals surface area (Å²) < 4.78 is 2.40. The van der Waals surface area contributed by atoms with Gasteiger partial charge in [0.25, 0.3) is 0 Å². The summed E-state index contributed by atoms with van der Waals surface area (Å²) in [5.41, 5.74) is 5.05. The number of aliphatic hydroxyl groups excluding tert-OH is 1. The zero-order valence-electron chi connectivity index (χ0n) is 18.8. The second kappa shape index (κ2) is 7.85. The highest BCUT2D eigenvalue weighted by molar-refractivity contribution is 5.94. The molecule has 1 aromatic heterocycles. The molecule has 1 saturated heterocycles. The Hall–Kier alpha value is -2.90. The minimum atomic E-state index is -0.906. The third-order valence-corrected chi connectivity index (χ3v) is 8.02. The van der Waals surface area contributed by atoms with Crippen LogP contribution >= 0.6 is 0 Å². The van der Waals surface area contributed by atoms with E-state index in [2.05, 4.69) is 40.2 Å². The largest absolute Gasteiger partial charge is 0.465 e. The first kappa shape index (κ1) is 20.7. The SMILES string of the molecule is C[C@H]1CCc2c(ccc3c2nc(Cc2ccccc2)n3C2C[C@H]3CNC(O)[C@H]3C2)N1C(=O)O. The van der Waals surface area contributed by atoms with Crippen molar-refractivity contribution in [2.24, 2.45) is 11.8 Å². The first-order valence-electron chi connectivity index (χ1n) is 12.0. The first-order chi connectivity index (χ1) is 16.0. The molecule has 7 nitrogen and oxygen atoms in total. The van der Waals surface area contributed by atoms with Gasteiger partial charge in [0.15, 0.2) is 0 Å². The minimum Gasteiger partial charge on any atom is -0.465 e. The normalized spacial score (nSPS) is 28.8. The summed E-state index contributed by atoms with van der Waals surface area (Å²) in [6.07, 6.45) is 2.99. The molecular weight excluding hydrogens is 416 g/mol. The average molecular weight is 447 g/mol. The van der Waals surface area contributed by atoms with E-state index in [0.29, 0.717) is 5.92 Å². The number of carboxylic acid groups (broad SMARTS) is 1. The fourth-order valence-electron chi connectivity index (χ4n) is 6.43. The van der Waals surface area contributed by atoms with E-state index in [4.69, 9.17) is 4.98 Å². The molecule has 5 atom stereocenters. The number of imidazole rings is 1. The number of hydrogen-bond acceptors (Lipinski definition) is 4. The fraction of sp³-hybridized carbons (Fsp3) is 0.462. The van der Waals surface area contributed by atoms with Crippen molar-refractivity contribution in [3.8, 4) is 0 Å². The zero-order valence-corrected chi connectivity index (χ0v) is 18.8. The predicted molar refractivity (Wildman–Crippen MR) is 127 cm³/mol. The number of carbonyl (C=O) groups is 1. The molecule has 0 radical (unpaired) electrons. The Morgan fingerprint density at radius 2 is 2.00 bits per heavy atom. The molecule has 6 rings (SSSR count). The van der Waals surface area contributed by atoms with Gasteiger partial charge in [-0.2, -0.15) is 0 Å². The van der Waals surface area contributed by atoms with Crippen LogP contribution in [0, 0.1) is 11.8 Å². The average Bonchev–Trinajstić information content (AvgIpc) is 3.47. The molecule has 2 aliphatic heterocycles. The number of anilines is 1. The zero-order chi connectivity index (χ0) is 22.7. The predicted octanol–water partition coefficient (Wildman–Crippen LogP) is 3.94. The molecule has 172 valence electrons. The van der Waals surface area contributed by atoms with Gasteiger partial charge in [0.05, 0.1) is 16.7 Å². The van der Waals surface area contributed by atoms with Crippen molar-refractivity contribution in [3.63, 3.8) is 0 Å². The third-order valence-electron chi connectivity index (χ3n) is 8.02. The van der Waals surface area contributed by atoms with E-state index in [9.17, 15) is 15.0 Å². The molecule has 0 bridgehead atoms. The Morgan fingerprint density at radius 3 is 2.76 bits per heavy atom. The first-order valence-corrected chi connectivity index (χ1v) is 12.0. The van der Waals surface area contributed by atoms with Crippen LogP contribution in [0.15, 0.2) is 42.5 Å². The lowest BCUT2D eigenvalue weighted by atomic mass is 9.95. The minimum absolute atomic E-state index is 0.0403. The van der Waals surface area contributed by atoms with E-state index in [-0.39, 0.29) is 18.0 Å². The van der Waals surface area contributed by atoms with Crippen LogP contribution in [-0.2, 0) is 12.8 Å². The van der Waals surface area contributed by atoms with E-state index in [1.54, 1.807) is 0 Å². The van der Waals surface area contributed by atoms with Crippen LogP contribution in [0.2, 0.25) is 0 Å². The standard InChI is InChI=1S/C26H30N4O3/c1-15-7-8-19-21(29(15)26(32)33)9-10-22-24(19)28-23(11-16-5-3-2-4-6-16)30(22)18-12-17-14-27-25(31)20(17)13-18/h2-6,9-10,15,17-18,20,25,27,31H,7-8,11-14H2,1H3,(H,32,33)/t15-,17-,18?,20-,25?/m0/s1. The number of nitrogens with one attached hydrogen (secondary N) is 1. The summed E-state index contributed by atoms with van der Waals surface area (Å²) in [4.78, 5) is 18.7. The maximum atomic E-state index is 12.0. The van der Waals surface area contributed by atoms with Crippen LogP contribution in [0.25, 0.3) is 11.0 Å². The molecule has 3 heterocycles. The molecule has 2 fully saturated rings. The second-order valence-electron chi connectivity index (χ2n) is 9.93. The van der Waals surface area contributed by atoms with Crippen molar-refractivity contribution in [2.45, 2.75) is 57.3 Å². The number of benzene rings is 2. The molecular formula is C26H30N4O3. The Bertz CT molecular complexity index is 1210. The van der Waals surface area contributed by atoms with Crippen molar-refractivity contribution in [3.05, 3.63) is 59.4 Å². The lowest BCUT2D eigenvalue weighted by Gasteiger charge is -2.33. The van der Waals surface area contributed by atoms with Gasteiger partial charge in [-0.15, -0.1) is 0 Å². The number of aromatic nitrogens is 2. The van der Waals surface area contributed by atoms with E-state index in [0.717, 1.165) is 66.8 Å². The van der Waals surface area contributed by atoms with Crippen molar-refractivity contribution in [2.75, 3.05) is 11.4 Å². The van der Waals surface area contributed by atoms with Crippen molar-refractivity contribution in [1.29, 1.82) is 0 Å². The molecule has 1 aliphatic carbocycles. The van der Waals surface area contributed by atoms with Crippen LogP contribution < -0.4 is 10.2 Å². The highest BCUT2D eigenvalue weighted by atomic mass is 16.4. The summed E-state index contributed by atoms with van der Waals surface area (Å²) >= 11 is 0. The van der Waals surface area contributed by atoms with Crippen molar-refractivity contribution >= 4 is 22.8 Å². The molecule has 3 aliphatic rings. The summed E-state index contributed by atoms with van der Waals surface area (Å²) in [6.45, 7) is 2.83. The van der Waals surface area contributed by atoms with E-state index in [1.165, 1.54) is 10.5 Å². The summed E-state index contributed by atoms with van der Waals surface area (Å²) in [5, 5.41) is 23.5. The Kier molecular flexibility index (Phi) is 4.92. The molecule has 3 aromatic rings. The Balaban J connectivity index is 1.49. The van der Waals surface area contributed by atoms with Gasteiger partial charge in [-0.05, 0) is 56.2 Å². The summed E-state index contributed by atoms with van der Waals surface area (Å²) in [5.74, 6) is 1.78. The topological polar surface area (TPSA) is 90.6 Å². The number of aryl methyl sites for hydroxylation is 1. The number of nitrogens with zero attached hydrogens (tertiary/aromatic N) is 3. The monoisotopic (exact) mass is 446 g/mol. The van der Waals surface area contributed by atoms with Crippen molar-refractivity contribution < 1.29 is 15.0 Å². The van der Waals surface area contributed by atoms with E-state index in [1.807, 2.05) is 19.1 Å². The molecule has 2 aromatic carbocycles. The van der Waals surface area contributed by atoms with Gasteiger partial charge < -0.3 is 14.8 Å². The van der Waals surface area contributed by atoms with E-state index < -0.39 is 12.3 Å². The second-order valence-corrected chi connectivity index (χ2v) is 9.93. The highest BCUT2D eigenvalue weighted by Crippen LogP contribution is 2.46. The molecule has 7 heteroatoms. The lowest BCUT2D eigenvalue weighted by molar-refractivity contribution is 0.105. The van der Waals surface area contributed by atoms with Gasteiger partial charge in [-0.25, -0.2) is 9.78 Å². The molecule has 1 amide bonds. The smallest absolute Gasteiger partial charge is 0.412 e. The van der Waals surface area contributed by atoms with Gasteiger partial charge in [-0.3, -0.25) is 10.2 Å². The fourth-order valence-corrected chi connectivity index (χ4v) is 6.43. The van der Waals surface area contributed by atoms with Crippen LogP contribution in [0.5, 0.6) is 0 Å². The van der Waals surface area contributed by atoms with Gasteiger partial charge in [0, 0.05) is 36.5 Å². The van der Waals surface area contributed by atoms with Gasteiger partial charge in [0.1, 0.15) is 12.1 Å². The number of rotatable bonds is 3. The maximum absolute atomic E-state index is 12.0. The van der Waals surface area contributed by atoms with Gasteiger partial charge in [-0.1, -0.05) is 30.3 Å². The van der Waals surface area contributed by atoms with Crippen LogP contribution in [0.1, 0.15) is 49.2 Å². The molecule has 0 spiro atoms. The Labute approximate surface area is 193 Å². The third kappa shape index (κ3) is 3.33. The summed E-state index contributed by atoms with van der Waals surface area (Å²) in [7, 11) is 0. The van der Waals surface area contributed by atoms with Crippen molar-refractivity contribution in [1.82, 2.24) is 14.9 Å². The van der Waals surface area contributed by atoms with Crippen LogP contribution in [0.4, 0.5) is 10.5 Å². The number of amides is 1. The maximum Gasteiger partial charge on any atom is 0.412 e. The number of hydrogen-bond donors (Lipinski definition) is 3. The van der Waals surface area contributed by atoms with Crippen LogP contribution in [0.3, 0.4) is 0 Å². The van der Waals surface area contributed by atoms with E-state index >= 15 is 0 Å². The Morgan fingerprint density at radius 1 is 1.18 bits per heavy atom. The molecule has 3 N–H and O–H groups in total.